The first-order valence-electron chi connectivity index (χ1n) is 8.60. The quantitative estimate of drug-likeness (QED) is 0.340. The molecule has 9 heteroatoms. The standard InChI is InChI=1S/C18H23ClN4O2S.HI/c1-4-20-18(21-6-5-16-23-11(2)12(3)26-16)22-9-13-7-14(19)17-15(8-13)24-10-25-17;/h7-8H,4-6,9-10H2,1-3H3,(H2,20,21,22);1H. The molecule has 3 rings (SSSR count). The number of thiazole rings is 1. The highest BCUT2D eigenvalue weighted by atomic mass is 127. The lowest BCUT2D eigenvalue weighted by molar-refractivity contribution is 0.174. The van der Waals surface area contributed by atoms with Crippen molar-refractivity contribution in [3.05, 3.63) is 38.3 Å². The van der Waals surface area contributed by atoms with Gasteiger partial charge in [0, 0.05) is 24.4 Å². The van der Waals surface area contributed by atoms with Crippen LogP contribution in [-0.4, -0.2) is 30.8 Å². The molecular weight excluding hydrogens is 499 g/mol. The van der Waals surface area contributed by atoms with Crippen molar-refractivity contribution in [2.45, 2.75) is 33.7 Å². The molecule has 0 saturated carbocycles. The molecule has 148 valence electrons. The van der Waals surface area contributed by atoms with E-state index in [-0.39, 0.29) is 30.8 Å². The molecule has 0 aliphatic carbocycles. The van der Waals surface area contributed by atoms with Crippen molar-refractivity contribution >= 4 is 52.9 Å². The van der Waals surface area contributed by atoms with E-state index in [1.807, 2.05) is 26.0 Å². The van der Waals surface area contributed by atoms with Gasteiger partial charge in [0.15, 0.2) is 17.5 Å². The number of aliphatic imine (C=N–C) groups is 1. The van der Waals surface area contributed by atoms with E-state index in [4.69, 9.17) is 21.1 Å². The molecule has 6 nitrogen and oxygen atoms in total. The molecular formula is C18H24ClIN4O2S. The molecule has 0 spiro atoms. The van der Waals surface area contributed by atoms with E-state index in [1.54, 1.807) is 11.3 Å². The summed E-state index contributed by atoms with van der Waals surface area (Å²) in [5.74, 6) is 2.06. The Bertz CT molecular complexity index is 793. The largest absolute Gasteiger partial charge is 0.454 e. The Hall–Kier alpha value is -1.26. The number of halogens is 2. The van der Waals surface area contributed by atoms with Crippen molar-refractivity contribution in [2.75, 3.05) is 19.9 Å². The van der Waals surface area contributed by atoms with Crippen molar-refractivity contribution < 1.29 is 9.47 Å². The van der Waals surface area contributed by atoms with Gasteiger partial charge in [-0.2, -0.15) is 0 Å². The highest BCUT2D eigenvalue weighted by Gasteiger charge is 2.18. The third-order valence-electron chi connectivity index (χ3n) is 3.96. The lowest BCUT2D eigenvalue weighted by Gasteiger charge is -2.11. The first kappa shape index (κ1) is 22.0. The lowest BCUT2D eigenvalue weighted by atomic mass is 10.2. The SMILES string of the molecule is CCNC(=NCc1cc(Cl)c2c(c1)OCO2)NCCc1nc(C)c(C)s1.I. The third kappa shape index (κ3) is 5.86. The van der Waals surface area contributed by atoms with Gasteiger partial charge in [-0.3, -0.25) is 0 Å². The second-order valence-corrected chi connectivity index (χ2v) is 7.63. The van der Waals surface area contributed by atoms with E-state index >= 15 is 0 Å². The van der Waals surface area contributed by atoms with Crippen molar-refractivity contribution in [3.63, 3.8) is 0 Å². The molecule has 1 aromatic carbocycles. The van der Waals surface area contributed by atoms with E-state index in [2.05, 4.69) is 27.5 Å². The third-order valence-corrected chi connectivity index (χ3v) is 5.37. The number of nitrogens with one attached hydrogen (secondary N) is 2. The summed E-state index contributed by atoms with van der Waals surface area (Å²) in [5, 5.41) is 8.31. The fraction of sp³-hybridized carbons (Fsp3) is 0.444. The molecule has 1 aliphatic heterocycles. The van der Waals surface area contributed by atoms with Crippen LogP contribution in [0.4, 0.5) is 0 Å². The Morgan fingerprint density at radius 3 is 2.81 bits per heavy atom. The first-order chi connectivity index (χ1) is 12.6. The minimum absolute atomic E-state index is 0. The van der Waals surface area contributed by atoms with Crippen LogP contribution in [0.3, 0.4) is 0 Å². The zero-order valence-corrected chi connectivity index (χ0v) is 19.5. The van der Waals surface area contributed by atoms with Gasteiger partial charge >= 0.3 is 0 Å². The van der Waals surface area contributed by atoms with Crippen LogP contribution in [0.1, 0.15) is 28.1 Å². The van der Waals surface area contributed by atoms with Crippen LogP contribution >= 0.6 is 46.9 Å². The summed E-state index contributed by atoms with van der Waals surface area (Å²) in [6.45, 7) is 8.48. The van der Waals surface area contributed by atoms with Crippen molar-refractivity contribution in [1.29, 1.82) is 0 Å². The number of hydrogen-bond donors (Lipinski definition) is 2. The number of nitrogens with zero attached hydrogens (tertiary/aromatic N) is 2. The maximum Gasteiger partial charge on any atom is 0.231 e. The normalized spacial score (nSPS) is 12.7. The number of hydrogen-bond acceptors (Lipinski definition) is 5. The second kappa shape index (κ2) is 10.3. The van der Waals surface area contributed by atoms with Gasteiger partial charge in [-0.05, 0) is 38.5 Å². The molecule has 0 saturated heterocycles. The van der Waals surface area contributed by atoms with Gasteiger partial charge in [-0.1, -0.05) is 11.6 Å². The molecule has 2 heterocycles. The molecule has 0 unspecified atom stereocenters. The number of aromatic nitrogens is 1. The monoisotopic (exact) mass is 522 g/mol. The minimum atomic E-state index is 0. The van der Waals surface area contributed by atoms with Crippen LogP contribution in [0.5, 0.6) is 11.5 Å². The summed E-state index contributed by atoms with van der Waals surface area (Å²) >= 11 is 7.98. The maximum absolute atomic E-state index is 6.23. The van der Waals surface area contributed by atoms with Crippen LogP contribution < -0.4 is 20.1 Å². The number of guanidine groups is 1. The second-order valence-electron chi connectivity index (χ2n) is 5.93. The van der Waals surface area contributed by atoms with Crippen molar-refractivity contribution in [1.82, 2.24) is 15.6 Å². The van der Waals surface area contributed by atoms with Gasteiger partial charge < -0.3 is 20.1 Å². The Kier molecular flexibility index (Phi) is 8.43. The highest BCUT2D eigenvalue weighted by molar-refractivity contribution is 14.0. The fourth-order valence-electron chi connectivity index (χ4n) is 2.56. The molecule has 0 bridgehead atoms. The number of ether oxygens (including phenoxy) is 2. The predicted octanol–water partition coefficient (Wildman–Crippen LogP) is 4.06. The van der Waals surface area contributed by atoms with Gasteiger partial charge in [0.2, 0.25) is 6.79 Å². The minimum Gasteiger partial charge on any atom is -0.454 e. The smallest absolute Gasteiger partial charge is 0.231 e. The Morgan fingerprint density at radius 2 is 2.11 bits per heavy atom. The van der Waals surface area contributed by atoms with Crippen molar-refractivity contribution in [2.24, 2.45) is 4.99 Å². The summed E-state index contributed by atoms with van der Waals surface area (Å²) in [4.78, 5) is 10.5. The number of rotatable bonds is 6. The molecule has 0 atom stereocenters. The molecule has 0 fully saturated rings. The van der Waals surface area contributed by atoms with Crippen LogP contribution in [0.2, 0.25) is 5.02 Å². The maximum atomic E-state index is 6.23. The van der Waals surface area contributed by atoms with E-state index in [9.17, 15) is 0 Å². The zero-order valence-electron chi connectivity index (χ0n) is 15.6. The highest BCUT2D eigenvalue weighted by Crippen LogP contribution is 2.39. The van der Waals surface area contributed by atoms with Crippen LogP contribution in [-0.2, 0) is 13.0 Å². The van der Waals surface area contributed by atoms with Gasteiger partial charge in [0.1, 0.15) is 0 Å². The van der Waals surface area contributed by atoms with Gasteiger partial charge in [-0.15, -0.1) is 35.3 Å². The van der Waals surface area contributed by atoms with Gasteiger partial charge in [0.05, 0.1) is 22.3 Å². The van der Waals surface area contributed by atoms with E-state index in [0.29, 0.717) is 23.1 Å². The lowest BCUT2D eigenvalue weighted by Crippen LogP contribution is -2.38. The molecule has 0 amide bonds. The molecule has 1 aromatic heterocycles. The number of aryl methyl sites for hydroxylation is 2. The molecule has 27 heavy (non-hydrogen) atoms. The zero-order chi connectivity index (χ0) is 18.5. The van der Waals surface area contributed by atoms with Crippen LogP contribution in [0.25, 0.3) is 0 Å². The number of benzene rings is 1. The summed E-state index contributed by atoms with van der Waals surface area (Å²) < 4.78 is 10.7. The first-order valence-corrected chi connectivity index (χ1v) is 9.79. The fourth-order valence-corrected chi connectivity index (χ4v) is 3.78. The molecule has 2 aromatic rings. The van der Waals surface area contributed by atoms with Gasteiger partial charge in [0.25, 0.3) is 0 Å². The molecule has 0 radical (unpaired) electrons. The summed E-state index contributed by atoms with van der Waals surface area (Å²) in [6, 6.07) is 3.78. The topological polar surface area (TPSA) is 67.8 Å². The Labute approximate surface area is 185 Å². The van der Waals surface area contributed by atoms with Gasteiger partial charge in [-0.25, -0.2) is 9.98 Å². The van der Waals surface area contributed by atoms with E-state index in [1.165, 1.54) is 4.88 Å². The predicted molar refractivity (Wildman–Crippen MR) is 121 cm³/mol. The van der Waals surface area contributed by atoms with Crippen molar-refractivity contribution in [3.8, 4) is 11.5 Å². The van der Waals surface area contributed by atoms with E-state index < -0.39 is 0 Å². The summed E-state index contributed by atoms with van der Waals surface area (Å²) in [6.07, 6.45) is 0.875. The average molecular weight is 523 g/mol. The Morgan fingerprint density at radius 1 is 1.30 bits per heavy atom. The summed E-state index contributed by atoms with van der Waals surface area (Å²) in [5.41, 5.74) is 2.09. The number of fused-ring (bicyclic) bond motifs is 1. The average Bonchev–Trinajstić information content (AvgIpc) is 3.20. The molecule has 2 N–H and O–H groups in total. The summed E-state index contributed by atoms with van der Waals surface area (Å²) in [7, 11) is 0. The van der Waals surface area contributed by atoms with E-state index in [0.717, 1.165) is 41.7 Å². The van der Waals surface area contributed by atoms with Crippen LogP contribution in [0.15, 0.2) is 17.1 Å². The molecule has 1 aliphatic rings. The Balaban J connectivity index is 0.00000261. The van der Waals surface area contributed by atoms with Crippen LogP contribution in [0, 0.1) is 13.8 Å².